The Labute approximate surface area is 337 Å². The van der Waals surface area contributed by atoms with Crippen molar-refractivity contribution in [3.05, 3.63) is 90.4 Å². The number of benzene rings is 2. The fourth-order valence-electron chi connectivity index (χ4n) is 7.64. The number of esters is 1. The van der Waals surface area contributed by atoms with Gasteiger partial charge < -0.3 is 29.9 Å². The molecule has 17 heteroatoms. The largest absolute Gasteiger partial charge is 0.481 e. The van der Waals surface area contributed by atoms with Crippen LogP contribution in [0.5, 0.6) is 5.75 Å². The number of para-hydroxylation sites is 1. The lowest BCUT2D eigenvalue weighted by molar-refractivity contribution is -0.161. The zero-order valence-corrected chi connectivity index (χ0v) is 34.3. The molecule has 310 valence electrons. The van der Waals surface area contributed by atoms with Gasteiger partial charge in [0, 0.05) is 11.8 Å². The molecule has 0 spiro atoms. The normalized spacial score (nSPS) is 21.2. The van der Waals surface area contributed by atoms with Gasteiger partial charge in [0.1, 0.15) is 29.7 Å². The summed E-state index contributed by atoms with van der Waals surface area (Å²) in [7, 11) is -4.66. The number of carbonyl (C=O) groups is 3. The standard InChI is InChI=1S/C41H51N6O10P/c1-7-26(8-2)22-54-36(48)29(21-27-15-11-9-12-16-27)46-58(53,57-28-17-13-10-14-18-28)55-23-31-33(39(3,4)37(49)50)34(40(5,6)38(51)52)41(24-42,56-31)32-20-19-30-35(43)44-25-45-47(30)32/h9-20,25-26,29,31,33-34H,7-8,21-23H2,1-6H3,(H,46,53)(H,49,50)(H,51,52)(H2,43,44,45)/t29-,31-,33+,34+,41-,58?/m0/s1. The van der Waals surface area contributed by atoms with E-state index in [1.54, 1.807) is 48.5 Å². The Hall–Kier alpha value is -5.33. The summed E-state index contributed by atoms with van der Waals surface area (Å²) in [6.45, 7) is 9.00. The second-order valence-electron chi connectivity index (χ2n) is 15.6. The quantitative estimate of drug-likeness (QED) is 0.0603. The number of carbonyl (C=O) groups excluding carboxylic acids is 1. The van der Waals surface area contributed by atoms with Crippen molar-refractivity contribution in [3.63, 3.8) is 0 Å². The molecule has 0 bridgehead atoms. The summed E-state index contributed by atoms with van der Waals surface area (Å²) in [6.07, 6.45) is 1.33. The summed E-state index contributed by atoms with van der Waals surface area (Å²) in [5.41, 5.74) is 1.41. The molecule has 0 saturated carbocycles. The third-order valence-electron chi connectivity index (χ3n) is 11.2. The smallest absolute Gasteiger partial charge is 0.459 e. The van der Waals surface area contributed by atoms with Crippen molar-refractivity contribution in [1.82, 2.24) is 19.7 Å². The van der Waals surface area contributed by atoms with Crippen LogP contribution in [0.1, 0.15) is 65.6 Å². The average Bonchev–Trinajstić information content (AvgIpc) is 3.80. The molecule has 2 aromatic carbocycles. The molecule has 4 aromatic rings. The molecule has 5 N–H and O–H groups in total. The molecule has 3 heterocycles. The fourth-order valence-corrected chi connectivity index (χ4v) is 9.14. The maximum atomic E-state index is 15.1. The number of nitrogens with one attached hydrogen (secondary N) is 1. The molecule has 58 heavy (non-hydrogen) atoms. The van der Waals surface area contributed by atoms with Gasteiger partial charge in [-0.2, -0.15) is 15.4 Å². The molecule has 1 saturated heterocycles. The molecule has 0 aliphatic carbocycles. The van der Waals surface area contributed by atoms with E-state index in [0.717, 1.165) is 24.7 Å². The van der Waals surface area contributed by atoms with Crippen LogP contribution in [0.25, 0.3) is 5.52 Å². The monoisotopic (exact) mass is 818 g/mol. The van der Waals surface area contributed by atoms with Gasteiger partial charge in [0.25, 0.3) is 0 Å². The number of nitrogens with two attached hydrogens (primary N) is 1. The zero-order chi connectivity index (χ0) is 42.5. The first-order chi connectivity index (χ1) is 27.4. The Morgan fingerprint density at radius 2 is 1.62 bits per heavy atom. The number of aliphatic carboxylic acids is 2. The van der Waals surface area contributed by atoms with Crippen LogP contribution in [-0.2, 0) is 45.0 Å². The lowest BCUT2D eigenvalue weighted by Gasteiger charge is -2.42. The van der Waals surface area contributed by atoms with E-state index in [-0.39, 0.29) is 36.2 Å². The first-order valence-corrected chi connectivity index (χ1v) is 20.6. The number of nitrogens with zero attached hydrogens (tertiary/aromatic N) is 4. The highest BCUT2D eigenvalue weighted by atomic mass is 31.2. The van der Waals surface area contributed by atoms with Gasteiger partial charge in [-0.15, -0.1) is 0 Å². The molecule has 0 radical (unpaired) electrons. The van der Waals surface area contributed by atoms with Crippen LogP contribution in [0, 0.1) is 39.9 Å². The molecule has 1 aliphatic rings. The minimum absolute atomic E-state index is 0.0291. The van der Waals surface area contributed by atoms with Gasteiger partial charge in [0.2, 0.25) is 5.60 Å². The van der Waals surface area contributed by atoms with Gasteiger partial charge in [0.05, 0.1) is 35.8 Å². The van der Waals surface area contributed by atoms with E-state index in [1.807, 2.05) is 19.9 Å². The Morgan fingerprint density at radius 1 is 1.00 bits per heavy atom. The van der Waals surface area contributed by atoms with E-state index in [2.05, 4.69) is 21.2 Å². The fraction of sp³-hybridized carbons (Fsp3) is 0.463. The molecule has 2 aromatic heterocycles. The summed E-state index contributed by atoms with van der Waals surface area (Å²) < 4.78 is 41.0. The topological polar surface area (TPSA) is 238 Å². The zero-order valence-electron chi connectivity index (χ0n) is 33.4. The van der Waals surface area contributed by atoms with Crippen molar-refractivity contribution < 1.29 is 47.7 Å². The van der Waals surface area contributed by atoms with Gasteiger partial charge in [0.15, 0.2) is 5.82 Å². The summed E-state index contributed by atoms with van der Waals surface area (Å²) in [5, 5.41) is 39.6. The van der Waals surface area contributed by atoms with Crippen LogP contribution in [0.4, 0.5) is 5.82 Å². The Kier molecular flexibility index (Phi) is 13.3. The van der Waals surface area contributed by atoms with Gasteiger partial charge in [-0.05, 0) is 69.9 Å². The minimum atomic E-state index is -4.66. The highest BCUT2D eigenvalue weighted by Crippen LogP contribution is 2.60. The number of hydrogen-bond acceptors (Lipinski definition) is 12. The molecule has 0 amide bonds. The van der Waals surface area contributed by atoms with E-state index in [1.165, 1.54) is 50.4 Å². The van der Waals surface area contributed by atoms with Crippen molar-refractivity contribution >= 4 is 37.0 Å². The summed E-state index contributed by atoms with van der Waals surface area (Å²) >= 11 is 0. The highest BCUT2D eigenvalue weighted by molar-refractivity contribution is 7.52. The number of rotatable bonds is 19. The van der Waals surface area contributed by atoms with E-state index >= 15 is 4.57 Å². The van der Waals surface area contributed by atoms with Crippen LogP contribution < -0.4 is 15.3 Å². The second kappa shape index (κ2) is 17.7. The van der Waals surface area contributed by atoms with Crippen LogP contribution in [0.2, 0.25) is 0 Å². The molecule has 1 aliphatic heterocycles. The first-order valence-electron chi connectivity index (χ1n) is 19.1. The van der Waals surface area contributed by atoms with Gasteiger partial charge in [-0.1, -0.05) is 75.2 Å². The van der Waals surface area contributed by atoms with Crippen molar-refractivity contribution in [1.29, 1.82) is 5.26 Å². The van der Waals surface area contributed by atoms with Crippen molar-refractivity contribution in [3.8, 4) is 11.8 Å². The number of hydrogen-bond donors (Lipinski definition) is 4. The Balaban J connectivity index is 1.62. The molecular formula is C41H51N6O10P. The third kappa shape index (κ3) is 8.88. The number of aromatic nitrogens is 3. The van der Waals surface area contributed by atoms with Gasteiger partial charge in [-0.3, -0.25) is 18.9 Å². The number of fused-ring (bicyclic) bond motifs is 1. The minimum Gasteiger partial charge on any atom is -0.481 e. The van der Waals surface area contributed by atoms with E-state index in [4.69, 9.17) is 24.3 Å². The van der Waals surface area contributed by atoms with Crippen molar-refractivity contribution in [2.24, 2.45) is 28.6 Å². The van der Waals surface area contributed by atoms with Crippen LogP contribution >= 0.6 is 7.75 Å². The lowest BCUT2D eigenvalue weighted by Crippen LogP contribution is -2.52. The molecule has 16 nitrogen and oxygen atoms in total. The number of carboxylic acids is 2. The number of carboxylic acid groups (broad SMARTS) is 2. The van der Waals surface area contributed by atoms with E-state index in [9.17, 15) is 29.9 Å². The maximum absolute atomic E-state index is 15.1. The highest BCUT2D eigenvalue weighted by Gasteiger charge is 2.68. The van der Waals surface area contributed by atoms with E-state index < -0.39 is 72.7 Å². The summed E-state index contributed by atoms with van der Waals surface area (Å²) in [4.78, 5) is 44.1. The first kappa shape index (κ1) is 43.8. The van der Waals surface area contributed by atoms with Gasteiger partial charge in [-0.25, -0.2) is 14.1 Å². The Morgan fingerprint density at radius 3 is 2.21 bits per heavy atom. The molecule has 6 atom stereocenters. The molecular weight excluding hydrogens is 767 g/mol. The lowest BCUT2D eigenvalue weighted by atomic mass is 9.57. The molecule has 1 unspecified atom stereocenters. The van der Waals surface area contributed by atoms with Crippen LogP contribution in [0.3, 0.4) is 0 Å². The predicted octanol–water partition coefficient (Wildman–Crippen LogP) is 6.27. The van der Waals surface area contributed by atoms with E-state index in [0.29, 0.717) is 5.52 Å². The molecule has 1 fully saturated rings. The third-order valence-corrected chi connectivity index (χ3v) is 12.7. The Bertz CT molecular complexity index is 2170. The number of nitriles is 1. The van der Waals surface area contributed by atoms with Crippen molar-refractivity contribution in [2.45, 2.75) is 78.6 Å². The SMILES string of the molecule is CCC(CC)COC(=O)[C@H](Cc1ccccc1)NP(=O)(OC[C@@H]1O[C@@](C#N)(c2ccc3c(N)ncnn23)[C@@H](C(C)(C)C(=O)O)[C@@H]1C(C)(C)C(=O)O)Oc1ccccc1. The maximum Gasteiger partial charge on any atom is 0.459 e. The predicted molar refractivity (Wildman–Crippen MR) is 212 cm³/mol. The average molecular weight is 819 g/mol. The molecule has 5 rings (SSSR count). The number of anilines is 1. The summed E-state index contributed by atoms with van der Waals surface area (Å²) in [5.74, 6) is -5.77. The van der Waals surface area contributed by atoms with Gasteiger partial charge >= 0.3 is 25.7 Å². The summed E-state index contributed by atoms with van der Waals surface area (Å²) in [6, 6.07) is 21.1. The van der Waals surface area contributed by atoms with Crippen LogP contribution in [0.15, 0.2) is 79.1 Å². The van der Waals surface area contributed by atoms with Crippen LogP contribution in [-0.4, -0.2) is 68.1 Å². The number of ether oxygens (including phenoxy) is 2. The van der Waals surface area contributed by atoms with Crippen molar-refractivity contribution in [2.75, 3.05) is 18.9 Å². The number of nitrogen functional groups attached to an aromatic ring is 1. The second-order valence-corrected chi connectivity index (χ2v) is 17.3.